The summed E-state index contributed by atoms with van der Waals surface area (Å²) in [6.45, 7) is 5.23. The minimum atomic E-state index is 0.872. The van der Waals surface area contributed by atoms with Crippen LogP contribution in [0.5, 0.6) is 5.75 Å². The van der Waals surface area contributed by atoms with Crippen molar-refractivity contribution in [3.63, 3.8) is 0 Å². The van der Waals surface area contributed by atoms with Crippen LogP contribution in [0, 0.1) is 13.8 Å². The molecule has 0 aliphatic heterocycles. The zero-order valence-electron chi connectivity index (χ0n) is 12.2. The largest absolute Gasteiger partial charge is 0.495 e. The van der Waals surface area contributed by atoms with Crippen molar-refractivity contribution in [3.8, 4) is 5.75 Å². The minimum absolute atomic E-state index is 0.872. The SMILES string of the molecule is COc1cccc2c(C)c(C)n(Cc3ccccc3)c12. The van der Waals surface area contributed by atoms with Gasteiger partial charge in [0, 0.05) is 17.6 Å². The Bertz CT molecular complexity index is 741. The fourth-order valence-corrected chi connectivity index (χ4v) is 2.80. The Morgan fingerprint density at radius 3 is 2.40 bits per heavy atom. The van der Waals surface area contributed by atoms with Crippen molar-refractivity contribution in [1.82, 2.24) is 4.57 Å². The van der Waals surface area contributed by atoms with Gasteiger partial charge in [0.15, 0.2) is 0 Å². The standard InChI is InChI=1S/C18H19NO/c1-13-14(2)19(12-15-8-5-4-6-9-15)18-16(13)10-7-11-17(18)20-3/h4-11H,12H2,1-3H3. The number of nitrogens with zero attached hydrogens (tertiary/aromatic N) is 1. The van der Waals surface area contributed by atoms with Crippen LogP contribution in [0.3, 0.4) is 0 Å². The minimum Gasteiger partial charge on any atom is -0.495 e. The first-order valence-electron chi connectivity index (χ1n) is 6.88. The van der Waals surface area contributed by atoms with Crippen LogP contribution >= 0.6 is 0 Å². The summed E-state index contributed by atoms with van der Waals surface area (Å²) < 4.78 is 7.90. The zero-order chi connectivity index (χ0) is 14.1. The molecule has 3 aromatic rings. The number of rotatable bonds is 3. The van der Waals surface area contributed by atoms with Crippen LogP contribution in [-0.4, -0.2) is 11.7 Å². The molecule has 2 heteroatoms. The number of aromatic nitrogens is 1. The Hall–Kier alpha value is -2.22. The van der Waals surface area contributed by atoms with Crippen LogP contribution in [0.4, 0.5) is 0 Å². The fraction of sp³-hybridized carbons (Fsp3) is 0.222. The molecular weight excluding hydrogens is 246 g/mol. The van der Waals surface area contributed by atoms with Crippen molar-refractivity contribution in [2.75, 3.05) is 7.11 Å². The predicted octanol–water partition coefficient (Wildman–Crippen LogP) is 4.32. The molecule has 0 spiro atoms. The first-order chi connectivity index (χ1) is 9.72. The molecule has 102 valence electrons. The van der Waals surface area contributed by atoms with E-state index >= 15 is 0 Å². The van der Waals surface area contributed by atoms with E-state index in [9.17, 15) is 0 Å². The number of para-hydroxylation sites is 1. The summed E-state index contributed by atoms with van der Waals surface area (Å²) in [7, 11) is 1.74. The molecule has 0 fully saturated rings. The van der Waals surface area contributed by atoms with E-state index in [0.717, 1.165) is 12.3 Å². The topological polar surface area (TPSA) is 14.2 Å². The molecule has 0 N–H and O–H groups in total. The van der Waals surface area contributed by atoms with Crippen LogP contribution in [0.25, 0.3) is 10.9 Å². The third-order valence-corrected chi connectivity index (χ3v) is 4.02. The number of methoxy groups -OCH3 is 1. The van der Waals surface area contributed by atoms with Crippen LogP contribution in [0.1, 0.15) is 16.8 Å². The van der Waals surface area contributed by atoms with E-state index in [1.54, 1.807) is 7.11 Å². The van der Waals surface area contributed by atoms with Gasteiger partial charge in [0.05, 0.1) is 12.6 Å². The summed E-state index contributed by atoms with van der Waals surface area (Å²) in [4.78, 5) is 0. The van der Waals surface area contributed by atoms with E-state index < -0.39 is 0 Å². The summed E-state index contributed by atoms with van der Waals surface area (Å²) in [6, 6.07) is 16.8. The summed E-state index contributed by atoms with van der Waals surface area (Å²) >= 11 is 0. The maximum absolute atomic E-state index is 5.55. The molecule has 20 heavy (non-hydrogen) atoms. The second-order valence-corrected chi connectivity index (χ2v) is 5.14. The molecule has 0 bridgehead atoms. The van der Waals surface area contributed by atoms with Gasteiger partial charge in [0.1, 0.15) is 5.75 Å². The first kappa shape index (κ1) is 12.8. The van der Waals surface area contributed by atoms with Gasteiger partial charge in [-0.05, 0) is 31.0 Å². The van der Waals surface area contributed by atoms with Gasteiger partial charge < -0.3 is 9.30 Å². The maximum Gasteiger partial charge on any atom is 0.143 e. The molecule has 0 unspecified atom stereocenters. The lowest BCUT2D eigenvalue weighted by Crippen LogP contribution is -2.02. The predicted molar refractivity (Wildman–Crippen MR) is 83.5 cm³/mol. The number of fused-ring (bicyclic) bond motifs is 1. The van der Waals surface area contributed by atoms with Gasteiger partial charge in [-0.25, -0.2) is 0 Å². The van der Waals surface area contributed by atoms with Gasteiger partial charge in [0.2, 0.25) is 0 Å². The molecular formula is C18H19NO. The van der Waals surface area contributed by atoms with E-state index in [1.807, 2.05) is 6.07 Å². The highest BCUT2D eigenvalue weighted by Gasteiger charge is 2.14. The van der Waals surface area contributed by atoms with Crippen LogP contribution in [-0.2, 0) is 6.54 Å². The normalized spacial score (nSPS) is 10.9. The van der Waals surface area contributed by atoms with Crippen LogP contribution in [0.15, 0.2) is 48.5 Å². The second-order valence-electron chi connectivity index (χ2n) is 5.14. The molecule has 3 rings (SSSR count). The lowest BCUT2D eigenvalue weighted by Gasteiger charge is -2.11. The molecule has 0 amide bonds. The number of hydrogen-bond donors (Lipinski definition) is 0. The number of benzene rings is 2. The highest BCUT2D eigenvalue weighted by Crippen LogP contribution is 2.32. The van der Waals surface area contributed by atoms with Crippen molar-refractivity contribution in [1.29, 1.82) is 0 Å². The Morgan fingerprint density at radius 1 is 0.950 bits per heavy atom. The van der Waals surface area contributed by atoms with Gasteiger partial charge in [-0.3, -0.25) is 0 Å². The number of ether oxygens (including phenoxy) is 1. The number of aryl methyl sites for hydroxylation is 1. The van der Waals surface area contributed by atoms with Gasteiger partial charge in [-0.1, -0.05) is 42.5 Å². The Kier molecular flexibility index (Phi) is 3.23. The lowest BCUT2D eigenvalue weighted by atomic mass is 10.1. The quantitative estimate of drug-likeness (QED) is 0.688. The van der Waals surface area contributed by atoms with Gasteiger partial charge in [-0.15, -0.1) is 0 Å². The first-order valence-corrected chi connectivity index (χ1v) is 6.88. The number of hydrogen-bond acceptors (Lipinski definition) is 1. The Balaban J connectivity index is 2.21. The Labute approximate surface area is 119 Å². The molecule has 0 saturated carbocycles. The molecule has 0 radical (unpaired) electrons. The lowest BCUT2D eigenvalue weighted by molar-refractivity contribution is 0.417. The van der Waals surface area contributed by atoms with Crippen molar-refractivity contribution < 1.29 is 4.74 Å². The van der Waals surface area contributed by atoms with Crippen LogP contribution in [0.2, 0.25) is 0 Å². The summed E-state index contributed by atoms with van der Waals surface area (Å²) in [5.74, 6) is 0.939. The van der Waals surface area contributed by atoms with Crippen molar-refractivity contribution in [3.05, 3.63) is 65.4 Å². The van der Waals surface area contributed by atoms with Crippen molar-refractivity contribution in [2.45, 2.75) is 20.4 Å². The molecule has 0 aliphatic rings. The third-order valence-electron chi connectivity index (χ3n) is 4.02. The van der Waals surface area contributed by atoms with Gasteiger partial charge in [0.25, 0.3) is 0 Å². The highest BCUT2D eigenvalue weighted by atomic mass is 16.5. The maximum atomic E-state index is 5.55. The van der Waals surface area contributed by atoms with Gasteiger partial charge in [-0.2, -0.15) is 0 Å². The monoisotopic (exact) mass is 265 g/mol. The molecule has 0 saturated heterocycles. The van der Waals surface area contributed by atoms with E-state index in [0.29, 0.717) is 0 Å². The molecule has 2 aromatic carbocycles. The molecule has 1 heterocycles. The zero-order valence-corrected chi connectivity index (χ0v) is 12.2. The molecule has 1 aromatic heterocycles. The average Bonchev–Trinajstić information content (AvgIpc) is 2.74. The van der Waals surface area contributed by atoms with E-state index in [2.05, 4.69) is 60.9 Å². The van der Waals surface area contributed by atoms with Gasteiger partial charge >= 0.3 is 0 Å². The third kappa shape index (κ3) is 1.97. The highest BCUT2D eigenvalue weighted by molar-refractivity contribution is 5.90. The van der Waals surface area contributed by atoms with Crippen molar-refractivity contribution >= 4 is 10.9 Å². The second kappa shape index (κ2) is 5.04. The Morgan fingerprint density at radius 2 is 1.70 bits per heavy atom. The smallest absolute Gasteiger partial charge is 0.143 e. The average molecular weight is 265 g/mol. The molecule has 0 atom stereocenters. The van der Waals surface area contributed by atoms with E-state index in [-0.39, 0.29) is 0 Å². The summed E-state index contributed by atoms with van der Waals surface area (Å²) in [5.41, 5.74) is 5.12. The van der Waals surface area contributed by atoms with E-state index in [4.69, 9.17) is 4.74 Å². The fourth-order valence-electron chi connectivity index (χ4n) is 2.80. The van der Waals surface area contributed by atoms with E-state index in [1.165, 1.54) is 27.7 Å². The molecule has 2 nitrogen and oxygen atoms in total. The molecule has 0 aliphatic carbocycles. The summed E-state index contributed by atoms with van der Waals surface area (Å²) in [6.07, 6.45) is 0. The van der Waals surface area contributed by atoms with Crippen LogP contribution < -0.4 is 4.74 Å². The van der Waals surface area contributed by atoms with Crippen molar-refractivity contribution in [2.24, 2.45) is 0 Å². The summed E-state index contributed by atoms with van der Waals surface area (Å²) in [5, 5.41) is 1.28.